The molecule has 7 rings (SSSR count). The zero-order valence-electron chi connectivity index (χ0n) is 23.0. The van der Waals surface area contributed by atoms with Crippen LogP contribution in [-0.2, 0) is 21.1 Å². The molecule has 7 aromatic rings. The number of para-hydroxylation sites is 3. The minimum absolute atomic E-state index is 0. The maximum absolute atomic E-state index is 10.7. The SMILES string of the molecule is Cc1cccc(C)c1-c1ccnc(Oc2[c-]c(-c3ccc4c5ccccc5n(-c5ccccc5O)c4n3)ccc2)c1.[Pt]. The van der Waals surface area contributed by atoms with Crippen molar-refractivity contribution in [3.05, 3.63) is 133 Å². The molecule has 5 nitrogen and oxygen atoms in total. The van der Waals surface area contributed by atoms with Gasteiger partial charge in [0.1, 0.15) is 11.4 Å². The van der Waals surface area contributed by atoms with Gasteiger partial charge in [0.15, 0.2) is 0 Å². The summed E-state index contributed by atoms with van der Waals surface area (Å²) in [7, 11) is 0. The van der Waals surface area contributed by atoms with Crippen molar-refractivity contribution in [3.63, 3.8) is 0 Å². The molecule has 3 aromatic heterocycles. The number of aromatic nitrogens is 3. The summed E-state index contributed by atoms with van der Waals surface area (Å²) in [6.45, 7) is 4.23. The Labute approximate surface area is 258 Å². The monoisotopic (exact) mass is 727 g/mol. The van der Waals surface area contributed by atoms with Crippen molar-refractivity contribution in [2.75, 3.05) is 0 Å². The Morgan fingerprint density at radius 3 is 2.36 bits per heavy atom. The van der Waals surface area contributed by atoms with Crippen molar-refractivity contribution in [1.29, 1.82) is 0 Å². The minimum atomic E-state index is 0. The smallest absolute Gasteiger partial charge is 0.217 e. The van der Waals surface area contributed by atoms with E-state index in [-0.39, 0.29) is 26.8 Å². The number of phenolic OH excluding ortho intramolecular Hbond substituents is 1. The van der Waals surface area contributed by atoms with Crippen LogP contribution >= 0.6 is 0 Å². The number of fused-ring (bicyclic) bond motifs is 3. The van der Waals surface area contributed by atoms with Gasteiger partial charge in [0.25, 0.3) is 0 Å². The molecule has 6 heteroatoms. The Hall–Kier alpha value is -4.73. The summed E-state index contributed by atoms with van der Waals surface area (Å²) in [6.07, 6.45) is 1.77. The zero-order chi connectivity index (χ0) is 27.9. The fourth-order valence-corrected chi connectivity index (χ4v) is 5.55. The molecule has 0 saturated heterocycles. The number of aromatic hydroxyl groups is 1. The topological polar surface area (TPSA) is 60.2 Å². The second-order valence-electron chi connectivity index (χ2n) is 10.1. The van der Waals surface area contributed by atoms with Gasteiger partial charge < -0.3 is 9.84 Å². The van der Waals surface area contributed by atoms with Crippen LogP contribution in [0.4, 0.5) is 0 Å². The van der Waals surface area contributed by atoms with E-state index in [9.17, 15) is 5.11 Å². The van der Waals surface area contributed by atoms with E-state index >= 15 is 0 Å². The third kappa shape index (κ3) is 4.86. The molecule has 0 aliphatic heterocycles. The van der Waals surface area contributed by atoms with Crippen LogP contribution in [0.25, 0.3) is 50.0 Å². The number of aryl methyl sites for hydroxylation is 2. The van der Waals surface area contributed by atoms with E-state index in [0.717, 1.165) is 38.8 Å². The maximum Gasteiger partial charge on any atom is 0.217 e. The van der Waals surface area contributed by atoms with Gasteiger partial charge in [-0.15, -0.1) is 23.8 Å². The Balaban J connectivity index is 0.00000316. The van der Waals surface area contributed by atoms with Gasteiger partial charge in [-0.2, -0.15) is 0 Å². The molecule has 1 N–H and O–H groups in total. The van der Waals surface area contributed by atoms with Crippen molar-refractivity contribution in [3.8, 4) is 45.5 Å². The van der Waals surface area contributed by atoms with Crippen LogP contribution in [0.15, 0.2) is 115 Å². The van der Waals surface area contributed by atoms with E-state index in [4.69, 9.17) is 9.72 Å². The van der Waals surface area contributed by atoms with Gasteiger partial charge in [0, 0.05) is 49.9 Å². The average Bonchev–Trinajstić information content (AvgIpc) is 3.31. The van der Waals surface area contributed by atoms with Gasteiger partial charge >= 0.3 is 0 Å². The number of rotatable bonds is 5. The van der Waals surface area contributed by atoms with Crippen LogP contribution in [0.5, 0.6) is 17.4 Å². The van der Waals surface area contributed by atoms with Crippen molar-refractivity contribution >= 4 is 21.9 Å². The summed E-state index contributed by atoms with van der Waals surface area (Å²) in [5.74, 6) is 1.25. The normalized spacial score (nSPS) is 11.0. The van der Waals surface area contributed by atoms with Crippen LogP contribution in [0.2, 0.25) is 0 Å². The summed E-state index contributed by atoms with van der Waals surface area (Å²) in [5, 5.41) is 12.8. The van der Waals surface area contributed by atoms with Gasteiger partial charge in [0.05, 0.1) is 11.2 Å². The fourth-order valence-electron chi connectivity index (χ4n) is 5.55. The number of nitrogens with zero attached hydrogens (tertiary/aromatic N) is 3. The molecule has 0 aliphatic rings. The van der Waals surface area contributed by atoms with Crippen LogP contribution in [0.1, 0.15) is 11.1 Å². The Morgan fingerprint density at radius 1 is 0.762 bits per heavy atom. The summed E-state index contributed by atoms with van der Waals surface area (Å²) in [5.41, 5.74) is 8.62. The fraction of sp³-hybridized carbons (Fsp3) is 0.0556. The molecule has 0 saturated carbocycles. The summed E-state index contributed by atoms with van der Waals surface area (Å²) in [4.78, 5) is 9.53. The van der Waals surface area contributed by atoms with Gasteiger partial charge in [-0.05, 0) is 66.1 Å². The van der Waals surface area contributed by atoms with Crippen LogP contribution in [0.3, 0.4) is 0 Å². The molecular weight excluding hydrogens is 701 g/mol. The molecule has 0 bridgehead atoms. The molecule has 4 aromatic carbocycles. The third-order valence-corrected chi connectivity index (χ3v) is 7.41. The molecule has 0 atom stereocenters. The molecule has 42 heavy (non-hydrogen) atoms. The largest absolute Gasteiger partial charge is 0.506 e. The quantitative estimate of drug-likeness (QED) is 0.180. The number of ether oxygens (including phenoxy) is 1. The predicted molar refractivity (Wildman–Crippen MR) is 164 cm³/mol. The molecule has 0 radical (unpaired) electrons. The molecule has 0 fully saturated rings. The van der Waals surface area contributed by atoms with Crippen molar-refractivity contribution in [2.45, 2.75) is 13.8 Å². The summed E-state index contributed by atoms with van der Waals surface area (Å²) >= 11 is 0. The standard InChI is InChI=1S/C36H26N3O2.Pt/c1-23-9-7-10-24(2)35(23)26-19-20-37-34(22-26)41-27-12-8-11-25(21-27)30-18-17-29-28-13-3-4-14-31(28)39(36(29)38-30)32-15-5-6-16-33(32)40;/h3-20,22,40H,1-2H3;/q-1;. The summed E-state index contributed by atoms with van der Waals surface area (Å²) in [6, 6.07) is 38.9. The molecule has 0 spiro atoms. The number of hydrogen-bond acceptors (Lipinski definition) is 4. The van der Waals surface area contributed by atoms with Gasteiger partial charge in [0.2, 0.25) is 5.88 Å². The van der Waals surface area contributed by atoms with E-state index in [2.05, 4.69) is 55.2 Å². The second-order valence-corrected chi connectivity index (χ2v) is 10.1. The van der Waals surface area contributed by atoms with E-state index in [1.54, 1.807) is 12.3 Å². The zero-order valence-corrected chi connectivity index (χ0v) is 25.3. The third-order valence-electron chi connectivity index (χ3n) is 7.41. The van der Waals surface area contributed by atoms with E-state index in [1.165, 1.54) is 16.7 Å². The first kappa shape index (κ1) is 27.4. The average molecular weight is 728 g/mol. The van der Waals surface area contributed by atoms with E-state index < -0.39 is 0 Å². The van der Waals surface area contributed by atoms with Crippen molar-refractivity contribution in [1.82, 2.24) is 14.5 Å². The molecule has 0 unspecified atom stereocenters. The van der Waals surface area contributed by atoms with E-state index in [1.807, 2.05) is 77.4 Å². The molecule has 0 aliphatic carbocycles. The first-order valence-electron chi connectivity index (χ1n) is 13.5. The Morgan fingerprint density at radius 2 is 1.52 bits per heavy atom. The molecule has 0 amide bonds. The van der Waals surface area contributed by atoms with Gasteiger partial charge in [-0.1, -0.05) is 66.7 Å². The molecular formula is C36H26N3O2Pt-. The predicted octanol–water partition coefficient (Wildman–Crippen LogP) is 8.82. The minimum Gasteiger partial charge on any atom is -0.506 e. The summed E-state index contributed by atoms with van der Waals surface area (Å²) < 4.78 is 8.20. The maximum atomic E-state index is 10.7. The van der Waals surface area contributed by atoms with Crippen molar-refractivity contribution in [2.24, 2.45) is 0 Å². The number of hydrogen-bond donors (Lipinski definition) is 1. The molecule has 3 heterocycles. The second kappa shape index (κ2) is 11.3. The van der Waals surface area contributed by atoms with Crippen LogP contribution in [0, 0.1) is 19.9 Å². The van der Waals surface area contributed by atoms with Crippen molar-refractivity contribution < 1.29 is 30.9 Å². The van der Waals surface area contributed by atoms with Crippen LogP contribution in [-0.4, -0.2) is 19.6 Å². The first-order valence-corrected chi connectivity index (χ1v) is 13.5. The number of pyridine rings is 2. The Bertz CT molecular complexity index is 2060. The van der Waals surface area contributed by atoms with Gasteiger partial charge in [-0.25, -0.2) is 4.98 Å². The van der Waals surface area contributed by atoms with E-state index in [0.29, 0.717) is 17.3 Å². The number of phenols is 1. The number of benzene rings is 4. The van der Waals surface area contributed by atoms with Gasteiger partial charge in [-0.3, -0.25) is 9.55 Å². The van der Waals surface area contributed by atoms with Crippen LogP contribution < -0.4 is 4.74 Å². The first-order chi connectivity index (χ1) is 20.1. The molecule has 208 valence electrons. The Kier molecular flexibility index (Phi) is 7.36.